The van der Waals surface area contributed by atoms with Crippen molar-refractivity contribution in [2.45, 2.75) is 6.04 Å². The number of anilines is 1. The van der Waals surface area contributed by atoms with Gasteiger partial charge in [0.05, 0.1) is 11.7 Å². The van der Waals surface area contributed by atoms with E-state index in [0.717, 1.165) is 26.3 Å². The second kappa shape index (κ2) is 5.53. The first kappa shape index (κ1) is 12.4. The van der Waals surface area contributed by atoms with Crippen LogP contribution in [0, 0.1) is 0 Å². The molecule has 1 aliphatic heterocycles. The van der Waals surface area contributed by atoms with Gasteiger partial charge in [0.1, 0.15) is 0 Å². The van der Waals surface area contributed by atoms with Crippen LogP contribution >= 0.6 is 43.6 Å². The minimum atomic E-state index is -0.0871. The summed E-state index contributed by atoms with van der Waals surface area (Å²) in [6, 6.07) is 5.61. The molecule has 1 unspecified atom stereocenters. The van der Waals surface area contributed by atoms with Gasteiger partial charge in [0.25, 0.3) is 0 Å². The Morgan fingerprint density at radius 3 is 3.00 bits per heavy atom. The molecule has 1 atom stereocenters. The van der Waals surface area contributed by atoms with E-state index in [9.17, 15) is 4.79 Å². The Morgan fingerprint density at radius 1 is 1.50 bits per heavy atom. The Morgan fingerprint density at radius 2 is 2.31 bits per heavy atom. The smallest absolute Gasteiger partial charge is 0.242 e. The van der Waals surface area contributed by atoms with Crippen molar-refractivity contribution < 1.29 is 4.79 Å². The zero-order valence-electron chi connectivity index (χ0n) is 8.30. The molecule has 1 aromatic rings. The summed E-state index contributed by atoms with van der Waals surface area (Å²) in [6.07, 6.45) is 0. The van der Waals surface area contributed by atoms with E-state index >= 15 is 0 Å². The maximum Gasteiger partial charge on any atom is 0.242 e. The average molecular weight is 366 g/mol. The van der Waals surface area contributed by atoms with Crippen LogP contribution in [0.5, 0.6) is 0 Å². The highest BCUT2D eigenvalue weighted by atomic mass is 79.9. The van der Waals surface area contributed by atoms with Crippen molar-refractivity contribution in [1.82, 2.24) is 5.32 Å². The van der Waals surface area contributed by atoms with E-state index in [1.54, 1.807) is 11.8 Å². The van der Waals surface area contributed by atoms with Gasteiger partial charge in [0.2, 0.25) is 5.91 Å². The fraction of sp³-hybridized carbons (Fsp3) is 0.300. The first-order valence-electron chi connectivity index (χ1n) is 4.74. The lowest BCUT2D eigenvalue weighted by atomic mass is 10.3. The van der Waals surface area contributed by atoms with Gasteiger partial charge in [-0.25, -0.2) is 0 Å². The molecule has 6 heteroatoms. The van der Waals surface area contributed by atoms with Crippen molar-refractivity contribution in [2.75, 3.05) is 16.9 Å². The molecule has 0 spiro atoms. The van der Waals surface area contributed by atoms with Crippen molar-refractivity contribution in [3.05, 3.63) is 27.1 Å². The molecule has 3 nitrogen and oxygen atoms in total. The molecule has 1 amide bonds. The van der Waals surface area contributed by atoms with Crippen LogP contribution in [0.4, 0.5) is 5.69 Å². The number of hydrogen-bond acceptors (Lipinski definition) is 3. The maximum atomic E-state index is 11.9. The number of carbonyl (C=O) groups is 1. The van der Waals surface area contributed by atoms with Crippen LogP contribution in [0.3, 0.4) is 0 Å². The molecule has 2 N–H and O–H groups in total. The minimum Gasteiger partial charge on any atom is -0.324 e. The lowest BCUT2D eigenvalue weighted by Crippen LogP contribution is -2.37. The van der Waals surface area contributed by atoms with Crippen LogP contribution in [0.2, 0.25) is 0 Å². The van der Waals surface area contributed by atoms with E-state index in [2.05, 4.69) is 42.5 Å². The van der Waals surface area contributed by atoms with Crippen LogP contribution in [0.15, 0.2) is 27.1 Å². The third kappa shape index (κ3) is 3.00. The highest BCUT2D eigenvalue weighted by Gasteiger charge is 2.22. The predicted octanol–water partition coefficient (Wildman–Crippen LogP) is 2.81. The molecule has 1 fully saturated rings. The normalized spacial score (nSPS) is 19.8. The molecule has 1 heterocycles. The molecule has 86 valence electrons. The van der Waals surface area contributed by atoms with Crippen LogP contribution in [0.1, 0.15) is 0 Å². The number of carbonyl (C=O) groups excluding carboxylic acids is 1. The summed E-state index contributed by atoms with van der Waals surface area (Å²) >= 11 is 8.52. The molecule has 0 saturated carbocycles. The Bertz CT molecular complexity index is 408. The van der Waals surface area contributed by atoms with Gasteiger partial charge < -0.3 is 5.32 Å². The first-order chi connectivity index (χ1) is 7.66. The molecule has 0 bridgehead atoms. The van der Waals surface area contributed by atoms with Gasteiger partial charge in [-0.15, -0.1) is 11.8 Å². The summed E-state index contributed by atoms with van der Waals surface area (Å²) in [4.78, 5) is 11.9. The van der Waals surface area contributed by atoms with Gasteiger partial charge in [-0.3, -0.25) is 10.1 Å². The maximum absolute atomic E-state index is 11.9. The fourth-order valence-electron chi connectivity index (χ4n) is 1.38. The van der Waals surface area contributed by atoms with Crippen LogP contribution in [-0.2, 0) is 4.79 Å². The summed E-state index contributed by atoms with van der Waals surface area (Å²) in [7, 11) is 0. The van der Waals surface area contributed by atoms with E-state index in [0.29, 0.717) is 0 Å². The van der Waals surface area contributed by atoms with Crippen LogP contribution < -0.4 is 10.6 Å². The van der Waals surface area contributed by atoms with E-state index in [1.165, 1.54) is 0 Å². The van der Waals surface area contributed by atoms with Crippen molar-refractivity contribution in [3.8, 4) is 0 Å². The Balaban J connectivity index is 2.07. The van der Waals surface area contributed by atoms with Crippen molar-refractivity contribution in [1.29, 1.82) is 0 Å². The van der Waals surface area contributed by atoms with Gasteiger partial charge in [0.15, 0.2) is 0 Å². The number of rotatable bonds is 2. The largest absolute Gasteiger partial charge is 0.324 e. The number of halogens is 2. The van der Waals surface area contributed by atoms with E-state index < -0.39 is 0 Å². The SMILES string of the molecule is O=C(Nc1cc(Br)ccc1Br)C1CSCN1. The monoisotopic (exact) mass is 364 g/mol. The van der Waals surface area contributed by atoms with Gasteiger partial charge in [0, 0.05) is 20.6 Å². The number of amides is 1. The molecular formula is C10H10Br2N2OS. The molecule has 16 heavy (non-hydrogen) atoms. The molecule has 0 aliphatic carbocycles. The Hall–Kier alpha value is -0.0400. The van der Waals surface area contributed by atoms with Crippen molar-refractivity contribution in [2.24, 2.45) is 0 Å². The van der Waals surface area contributed by atoms with Crippen LogP contribution in [-0.4, -0.2) is 23.6 Å². The van der Waals surface area contributed by atoms with Crippen LogP contribution in [0.25, 0.3) is 0 Å². The van der Waals surface area contributed by atoms with E-state index in [4.69, 9.17) is 0 Å². The second-order valence-corrected chi connectivity index (χ2v) is 6.19. The lowest BCUT2D eigenvalue weighted by Gasteiger charge is -2.12. The molecule has 1 aliphatic rings. The van der Waals surface area contributed by atoms with E-state index in [-0.39, 0.29) is 11.9 Å². The minimum absolute atomic E-state index is 0.0174. The third-order valence-corrected chi connectivity index (χ3v) is 4.34. The summed E-state index contributed by atoms with van der Waals surface area (Å²) in [5.74, 6) is 1.69. The molecule has 1 aromatic carbocycles. The quantitative estimate of drug-likeness (QED) is 0.846. The summed E-state index contributed by atoms with van der Waals surface area (Å²) in [5.41, 5.74) is 0.790. The van der Waals surface area contributed by atoms with Gasteiger partial charge >= 0.3 is 0 Å². The lowest BCUT2D eigenvalue weighted by molar-refractivity contribution is -0.117. The molecular weight excluding hydrogens is 356 g/mol. The molecule has 2 rings (SSSR count). The average Bonchev–Trinajstić information content (AvgIpc) is 2.76. The standard InChI is InChI=1S/C10H10Br2N2OS/c11-6-1-2-7(12)8(3-6)14-10(15)9-4-16-5-13-9/h1-3,9,13H,4-5H2,(H,14,15). The van der Waals surface area contributed by atoms with Gasteiger partial charge in [-0.2, -0.15) is 0 Å². The number of nitrogens with one attached hydrogen (secondary N) is 2. The molecule has 0 radical (unpaired) electrons. The predicted molar refractivity (Wildman–Crippen MR) is 74.7 cm³/mol. The number of benzene rings is 1. The van der Waals surface area contributed by atoms with Gasteiger partial charge in [-0.05, 0) is 34.1 Å². The first-order valence-corrected chi connectivity index (χ1v) is 7.48. The zero-order valence-corrected chi connectivity index (χ0v) is 12.3. The highest BCUT2D eigenvalue weighted by molar-refractivity contribution is 9.11. The van der Waals surface area contributed by atoms with E-state index in [1.807, 2.05) is 18.2 Å². The number of hydrogen-bond donors (Lipinski definition) is 2. The topological polar surface area (TPSA) is 41.1 Å². The zero-order chi connectivity index (χ0) is 11.5. The Kier molecular flexibility index (Phi) is 4.29. The Labute approximate surface area is 115 Å². The second-order valence-electron chi connectivity index (χ2n) is 3.39. The number of thioether (sulfide) groups is 1. The van der Waals surface area contributed by atoms with Gasteiger partial charge in [-0.1, -0.05) is 15.9 Å². The fourth-order valence-corrected chi connectivity index (χ4v) is 3.03. The molecule has 0 aromatic heterocycles. The summed E-state index contributed by atoms with van der Waals surface area (Å²) in [5, 5.41) is 6.04. The molecule has 1 saturated heterocycles. The summed E-state index contributed by atoms with van der Waals surface area (Å²) < 4.78 is 1.83. The van der Waals surface area contributed by atoms with Crippen molar-refractivity contribution in [3.63, 3.8) is 0 Å². The summed E-state index contributed by atoms with van der Waals surface area (Å²) in [6.45, 7) is 0. The highest BCUT2D eigenvalue weighted by Crippen LogP contribution is 2.26. The third-order valence-electron chi connectivity index (χ3n) is 2.22. The van der Waals surface area contributed by atoms with Crippen molar-refractivity contribution >= 4 is 55.2 Å².